The van der Waals surface area contributed by atoms with Crippen LogP contribution in [0.4, 0.5) is 5.69 Å². The molecule has 0 aliphatic heterocycles. The molecular weight excluding hydrogens is 296 g/mol. The first-order valence-electron chi connectivity index (χ1n) is 6.53. The number of carbonyl (C=O) groups is 2. The maximum atomic E-state index is 11.9. The smallest absolute Gasteiger partial charge is 0.304 e. The van der Waals surface area contributed by atoms with Crippen molar-refractivity contribution in [3.8, 4) is 5.75 Å². The number of carbonyl (C=O) groups excluding carboxylic acids is 1. The first-order valence-corrected chi connectivity index (χ1v) is 6.91. The number of nitrogens with one attached hydrogen (secondary N) is 1. The lowest BCUT2D eigenvalue weighted by Gasteiger charge is -2.18. The summed E-state index contributed by atoms with van der Waals surface area (Å²) < 4.78 is 5.03. The van der Waals surface area contributed by atoms with Crippen LogP contribution in [0.15, 0.2) is 18.2 Å². The van der Waals surface area contributed by atoms with Crippen LogP contribution in [0.3, 0.4) is 0 Å². The van der Waals surface area contributed by atoms with Crippen molar-refractivity contribution in [3.63, 3.8) is 0 Å². The first kappa shape index (κ1) is 17.3. The van der Waals surface area contributed by atoms with Gasteiger partial charge in [0, 0.05) is 12.2 Å². The Balaban J connectivity index is 2.55. The molecular formula is C14H19ClN2O4. The second-order valence-corrected chi connectivity index (χ2v) is 4.82. The maximum Gasteiger partial charge on any atom is 0.304 e. The molecule has 1 aromatic carbocycles. The topological polar surface area (TPSA) is 78.9 Å². The van der Waals surface area contributed by atoms with Gasteiger partial charge in [-0.15, -0.1) is 0 Å². The highest BCUT2D eigenvalue weighted by molar-refractivity contribution is 6.32. The Morgan fingerprint density at radius 3 is 2.67 bits per heavy atom. The molecule has 0 atom stereocenters. The van der Waals surface area contributed by atoms with Gasteiger partial charge in [0.25, 0.3) is 0 Å². The molecule has 21 heavy (non-hydrogen) atoms. The van der Waals surface area contributed by atoms with Gasteiger partial charge in [0.05, 0.1) is 25.1 Å². The molecule has 0 radical (unpaired) electrons. The number of aliphatic carboxylic acids is 1. The zero-order chi connectivity index (χ0) is 15.8. The maximum absolute atomic E-state index is 11.9. The van der Waals surface area contributed by atoms with Gasteiger partial charge in [-0.1, -0.05) is 18.5 Å². The second-order valence-electron chi connectivity index (χ2n) is 4.41. The number of nitrogens with zero attached hydrogens (tertiary/aromatic N) is 1. The summed E-state index contributed by atoms with van der Waals surface area (Å²) in [6.45, 7) is 2.94. The largest absolute Gasteiger partial charge is 0.495 e. The lowest BCUT2D eigenvalue weighted by atomic mass is 10.3. The number of benzene rings is 1. The van der Waals surface area contributed by atoms with Gasteiger partial charge < -0.3 is 15.2 Å². The molecule has 0 bridgehead atoms. The van der Waals surface area contributed by atoms with E-state index in [2.05, 4.69) is 5.32 Å². The Kier molecular flexibility index (Phi) is 6.98. The number of amides is 1. The fraction of sp³-hybridized carbons (Fsp3) is 0.429. The van der Waals surface area contributed by atoms with E-state index in [9.17, 15) is 9.59 Å². The summed E-state index contributed by atoms with van der Waals surface area (Å²) in [5.74, 6) is -0.564. The summed E-state index contributed by atoms with van der Waals surface area (Å²) in [5.41, 5.74) is 0.570. The molecule has 0 fully saturated rings. The van der Waals surface area contributed by atoms with Crippen LogP contribution in [-0.2, 0) is 9.59 Å². The van der Waals surface area contributed by atoms with Gasteiger partial charge in [-0.25, -0.2) is 0 Å². The van der Waals surface area contributed by atoms with Crippen molar-refractivity contribution in [2.24, 2.45) is 0 Å². The molecule has 7 heteroatoms. The van der Waals surface area contributed by atoms with Crippen LogP contribution in [0.1, 0.15) is 13.3 Å². The number of carboxylic acids is 1. The van der Waals surface area contributed by atoms with E-state index in [0.717, 1.165) is 0 Å². The zero-order valence-electron chi connectivity index (χ0n) is 12.1. The molecule has 0 aromatic heterocycles. The van der Waals surface area contributed by atoms with Gasteiger partial charge in [-0.05, 0) is 24.7 Å². The molecule has 0 unspecified atom stereocenters. The zero-order valence-corrected chi connectivity index (χ0v) is 12.8. The van der Waals surface area contributed by atoms with Gasteiger partial charge in [-0.3, -0.25) is 14.5 Å². The minimum atomic E-state index is -0.879. The number of hydrogen-bond donors (Lipinski definition) is 2. The Hall–Kier alpha value is -1.79. The van der Waals surface area contributed by atoms with Crippen molar-refractivity contribution in [1.82, 2.24) is 4.90 Å². The van der Waals surface area contributed by atoms with E-state index in [0.29, 0.717) is 29.5 Å². The summed E-state index contributed by atoms with van der Waals surface area (Å²) in [4.78, 5) is 24.2. The van der Waals surface area contributed by atoms with Crippen LogP contribution in [-0.4, -0.2) is 48.6 Å². The number of halogens is 1. The molecule has 0 aliphatic rings. The third-order valence-electron chi connectivity index (χ3n) is 2.89. The third-order valence-corrected chi connectivity index (χ3v) is 3.19. The molecule has 0 aliphatic carbocycles. The number of methoxy groups -OCH3 is 1. The molecule has 1 amide bonds. The average Bonchev–Trinajstić information content (AvgIpc) is 2.43. The highest BCUT2D eigenvalue weighted by atomic mass is 35.5. The van der Waals surface area contributed by atoms with E-state index in [1.54, 1.807) is 23.1 Å². The third kappa shape index (κ3) is 6.01. The Labute approximate surface area is 128 Å². The highest BCUT2D eigenvalue weighted by Crippen LogP contribution is 2.27. The van der Waals surface area contributed by atoms with E-state index < -0.39 is 5.97 Å². The molecule has 0 saturated carbocycles. The van der Waals surface area contributed by atoms with Crippen LogP contribution in [0.5, 0.6) is 5.75 Å². The number of likely N-dealkylation sites (N-methyl/N-ethyl adjacent to an activating group) is 1. The number of carboxylic acid groups (broad SMARTS) is 1. The summed E-state index contributed by atoms with van der Waals surface area (Å²) in [7, 11) is 1.51. The minimum Gasteiger partial charge on any atom is -0.495 e. The van der Waals surface area contributed by atoms with E-state index in [-0.39, 0.29) is 18.9 Å². The van der Waals surface area contributed by atoms with Crippen molar-refractivity contribution in [2.45, 2.75) is 13.3 Å². The monoisotopic (exact) mass is 314 g/mol. The second kappa shape index (κ2) is 8.49. The predicted molar refractivity (Wildman–Crippen MR) is 81.0 cm³/mol. The molecule has 116 valence electrons. The van der Waals surface area contributed by atoms with Crippen molar-refractivity contribution >= 4 is 29.2 Å². The van der Waals surface area contributed by atoms with Crippen LogP contribution >= 0.6 is 11.6 Å². The molecule has 0 spiro atoms. The molecule has 0 saturated heterocycles. The van der Waals surface area contributed by atoms with Crippen LogP contribution in [0.25, 0.3) is 0 Å². The van der Waals surface area contributed by atoms with Crippen molar-refractivity contribution in [2.75, 3.05) is 32.1 Å². The quantitative estimate of drug-likeness (QED) is 0.768. The Morgan fingerprint density at radius 2 is 2.14 bits per heavy atom. The van der Waals surface area contributed by atoms with Gasteiger partial charge in [-0.2, -0.15) is 0 Å². The predicted octanol–water partition coefficient (Wildman–Crippen LogP) is 2.08. The summed E-state index contributed by atoms with van der Waals surface area (Å²) in [6, 6.07) is 4.96. The summed E-state index contributed by atoms with van der Waals surface area (Å²) in [6.07, 6.45) is 0.00941. The lowest BCUT2D eigenvalue weighted by Crippen LogP contribution is -2.34. The fourth-order valence-corrected chi connectivity index (χ4v) is 2.01. The SMILES string of the molecule is CCN(CCC(=O)O)CC(=O)Nc1ccc(OC)c(Cl)c1. The molecule has 1 rings (SSSR count). The fourth-order valence-electron chi connectivity index (χ4n) is 1.75. The van der Waals surface area contributed by atoms with Gasteiger partial charge in [0.15, 0.2) is 0 Å². The Bertz CT molecular complexity index is 508. The molecule has 1 aromatic rings. The van der Waals surface area contributed by atoms with Gasteiger partial charge >= 0.3 is 5.97 Å². The van der Waals surface area contributed by atoms with E-state index in [1.807, 2.05) is 6.92 Å². The highest BCUT2D eigenvalue weighted by Gasteiger charge is 2.11. The first-order chi connectivity index (χ1) is 9.96. The van der Waals surface area contributed by atoms with Crippen LogP contribution in [0.2, 0.25) is 5.02 Å². The van der Waals surface area contributed by atoms with E-state index >= 15 is 0 Å². The van der Waals surface area contributed by atoms with E-state index in [4.69, 9.17) is 21.4 Å². The average molecular weight is 315 g/mol. The standard InChI is InChI=1S/C14H19ClN2O4/c1-3-17(7-6-14(19)20)9-13(18)16-10-4-5-12(21-2)11(15)8-10/h4-5,8H,3,6-7,9H2,1-2H3,(H,16,18)(H,19,20). The van der Waals surface area contributed by atoms with Gasteiger partial charge in [0.2, 0.25) is 5.91 Å². The number of ether oxygens (including phenoxy) is 1. The lowest BCUT2D eigenvalue weighted by molar-refractivity contribution is -0.137. The minimum absolute atomic E-state index is 0.00941. The summed E-state index contributed by atoms with van der Waals surface area (Å²) in [5, 5.41) is 11.8. The summed E-state index contributed by atoms with van der Waals surface area (Å²) >= 11 is 5.98. The normalized spacial score (nSPS) is 10.5. The van der Waals surface area contributed by atoms with Crippen LogP contribution < -0.4 is 10.1 Å². The number of rotatable bonds is 8. The molecule has 2 N–H and O–H groups in total. The van der Waals surface area contributed by atoms with E-state index in [1.165, 1.54) is 7.11 Å². The van der Waals surface area contributed by atoms with Gasteiger partial charge in [0.1, 0.15) is 5.75 Å². The van der Waals surface area contributed by atoms with Crippen LogP contribution in [0, 0.1) is 0 Å². The number of anilines is 1. The van der Waals surface area contributed by atoms with Crippen molar-refractivity contribution in [1.29, 1.82) is 0 Å². The van der Waals surface area contributed by atoms with Crippen molar-refractivity contribution < 1.29 is 19.4 Å². The molecule has 6 nitrogen and oxygen atoms in total. The van der Waals surface area contributed by atoms with Crippen molar-refractivity contribution in [3.05, 3.63) is 23.2 Å². The Morgan fingerprint density at radius 1 is 1.43 bits per heavy atom. The molecule has 0 heterocycles. The number of hydrogen-bond acceptors (Lipinski definition) is 4.